The Kier molecular flexibility index (Phi) is 4.05. The predicted octanol–water partition coefficient (Wildman–Crippen LogP) is -0.165. The number of nitrogens with one attached hydrogen (secondary N) is 1. The van der Waals surface area contributed by atoms with Crippen LogP contribution >= 0.6 is 0 Å². The van der Waals surface area contributed by atoms with Crippen molar-refractivity contribution in [2.75, 3.05) is 0 Å². The number of ether oxygens (including phenoxy) is 1. The van der Waals surface area contributed by atoms with Crippen molar-refractivity contribution in [3.05, 3.63) is 24.0 Å². The molecule has 3 N–H and O–H groups in total. The van der Waals surface area contributed by atoms with Crippen molar-refractivity contribution < 1.29 is 14.3 Å². The summed E-state index contributed by atoms with van der Waals surface area (Å²) in [6, 6.07) is -0.705. The summed E-state index contributed by atoms with van der Waals surface area (Å²) in [6.45, 7) is 1.96. The number of allylic oxidation sites excluding steroid dienone is 1. The van der Waals surface area contributed by atoms with E-state index in [4.69, 9.17) is 5.73 Å². The number of hydrogen-bond donors (Lipinski definition) is 2. The fraction of sp³-hybridized carbons (Fsp3) is 0.400. The topological polar surface area (TPSA) is 81.4 Å². The summed E-state index contributed by atoms with van der Waals surface area (Å²) in [5.41, 5.74) is 5.41. The average Bonchev–Trinajstić information content (AvgIpc) is 2.18. The Morgan fingerprint density at radius 1 is 1.80 bits per heavy atom. The van der Waals surface area contributed by atoms with E-state index >= 15 is 0 Å². The first-order valence-corrected chi connectivity index (χ1v) is 4.68. The fourth-order valence-corrected chi connectivity index (χ4v) is 1.20. The molecule has 1 aliphatic rings. The summed E-state index contributed by atoms with van der Waals surface area (Å²) in [5.74, 6) is 0.211. The van der Waals surface area contributed by atoms with Crippen LogP contribution in [0.5, 0.6) is 0 Å². The molecule has 1 amide bonds. The first-order chi connectivity index (χ1) is 7.13. The van der Waals surface area contributed by atoms with E-state index in [2.05, 4.69) is 10.1 Å². The lowest BCUT2D eigenvalue weighted by Gasteiger charge is -2.18. The van der Waals surface area contributed by atoms with Crippen molar-refractivity contribution in [1.82, 2.24) is 5.32 Å². The van der Waals surface area contributed by atoms with Crippen LogP contribution in [0, 0.1) is 0 Å². The molecule has 0 aromatic rings. The second-order valence-corrected chi connectivity index (χ2v) is 3.32. The van der Waals surface area contributed by atoms with Gasteiger partial charge in [0, 0.05) is 0 Å². The van der Waals surface area contributed by atoms with Crippen LogP contribution in [0.25, 0.3) is 0 Å². The predicted molar refractivity (Wildman–Crippen MR) is 54.6 cm³/mol. The molecular formula is C10H14N2O3. The summed E-state index contributed by atoms with van der Waals surface area (Å²) >= 11 is 0. The smallest absolute Gasteiger partial charge is 0.298 e. The molecule has 15 heavy (non-hydrogen) atoms. The molecule has 5 nitrogen and oxygen atoms in total. The van der Waals surface area contributed by atoms with E-state index in [0.717, 1.165) is 0 Å². The number of carbonyl (C=O) groups excluding carboxylic acids is 2. The number of rotatable bonds is 4. The van der Waals surface area contributed by atoms with E-state index in [1.165, 1.54) is 0 Å². The van der Waals surface area contributed by atoms with Crippen LogP contribution in [0.1, 0.15) is 13.3 Å². The summed E-state index contributed by atoms with van der Waals surface area (Å²) in [5, 5.41) is 2.72. The Hall–Kier alpha value is -1.62. The summed E-state index contributed by atoms with van der Waals surface area (Å²) in [6.07, 6.45) is 5.85. The zero-order valence-electron chi connectivity index (χ0n) is 8.47. The first kappa shape index (κ1) is 11.5. The maximum Gasteiger partial charge on any atom is 0.298 e. The van der Waals surface area contributed by atoms with Crippen LogP contribution in [-0.2, 0) is 14.3 Å². The van der Waals surface area contributed by atoms with E-state index in [9.17, 15) is 9.59 Å². The Balaban J connectivity index is 2.54. The van der Waals surface area contributed by atoms with Gasteiger partial charge in [0.1, 0.15) is 5.76 Å². The standard InChI is InChI=1S/C10H14N2O3/c1-7(11)10(14)12-8-3-2-4-9(5-8)15-6-13/h2,4-8H,3,11H2,1H3,(H,12,14)/t7-,8?/m0/s1. The summed E-state index contributed by atoms with van der Waals surface area (Å²) < 4.78 is 4.67. The summed E-state index contributed by atoms with van der Waals surface area (Å²) in [7, 11) is 0. The van der Waals surface area contributed by atoms with Crippen LogP contribution in [0.2, 0.25) is 0 Å². The lowest BCUT2D eigenvalue weighted by atomic mass is 10.1. The minimum absolute atomic E-state index is 0.163. The van der Waals surface area contributed by atoms with E-state index in [-0.39, 0.29) is 11.9 Å². The highest BCUT2D eigenvalue weighted by atomic mass is 16.5. The zero-order valence-corrected chi connectivity index (χ0v) is 8.47. The van der Waals surface area contributed by atoms with Gasteiger partial charge in [-0.15, -0.1) is 0 Å². The van der Waals surface area contributed by atoms with Gasteiger partial charge >= 0.3 is 0 Å². The highest BCUT2D eigenvalue weighted by Gasteiger charge is 2.15. The monoisotopic (exact) mass is 210 g/mol. The van der Waals surface area contributed by atoms with Gasteiger partial charge in [-0.3, -0.25) is 9.59 Å². The molecule has 5 heteroatoms. The SMILES string of the molecule is C[C@H](N)C(=O)NC1C=C(OC=O)C=CC1. The normalized spacial score (nSPS) is 21.5. The van der Waals surface area contributed by atoms with E-state index < -0.39 is 6.04 Å². The number of carbonyl (C=O) groups is 2. The van der Waals surface area contributed by atoms with Gasteiger partial charge in [0.05, 0.1) is 12.1 Å². The molecule has 0 aliphatic heterocycles. The Bertz CT molecular complexity index is 308. The van der Waals surface area contributed by atoms with Gasteiger partial charge in [0.25, 0.3) is 6.47 Å². The quantitative estimate of drug-likeness (QED) is 0.631. The van der Waals surface area contributed by atoms with Gasteiger partial charge in [0.15, 0.2) is 0 Å². The molecule has 0 fully saturated rings. The molecule has 1 unspecified atom stereocenters. The van der Waals surface area contributed by atoms with Crippen LogP contribution in [0.3, 0.4) is 0 Å². The van der Waals surface area contributed by atoms with Crippen LogP contribution in [0.15, 0.2) is 24.0 Å². The van der Waals surface area contributed by atoms with Gasteiger partial charge in [-0.25, -0.2) is 0 Å². The molecule has 0 heterocycles. The van der Waals surface area contributed by atoms with Crippen molar-refractivity contribution in [1.29, 1.82) is 0 Å². The molecule has 1 rings (SSSR count). The van der Waals surface area contributed by atoms with Gasteiger partial charge < -0.3 is 15.8 Å². The van der Waals surface area contributed by atoms with Crippen molar-refractivity contribution in [2.24, 2.45) is 5.73 Å². The van der Waals surface area contributed by atoms with Crippen molar-refractivity contribution in [2.45, 2.75) is 25.4 Å². The minimum atomic E-state index is -0.542. The molecule has 0 aromatic heterocycles. The molecule has 0 aromatic carbocycles. The highest BCUT2D eigenvalue weighted by molar-refractivity contribution is 5.81. The number of hydrogen-bond acceptors (Lipinski definition) is 4. The fourth-order valence-electron chi connectivity index (χ4n) is 1.20. The van der Waals surface area contributed by atoms with Crippen molar-refractivity contribution in [3.63, 3.8) is 0 Å². The highest BCUT2D eigenvalue weighted by Crippen LogP contribution is 2.10. The van der Waals surface area contributed by atoms with Crippen LogP contribution in [0.4, 0.5) is 0 Å². The third kappa shape index (κ3) is 3.55. The van der Waals surface area contributed by atoms with Gasteiger partial charge in [-0.2, -0.15) is 0 Å². The van der Waals surface area contributed by atoms with Crippen LogP contribution in [-0.4, -0.2) is 24.5 Å². The Labute approximate surface area is 88.0 Å². The molecule has 82 valence electrons. The maximum atomic E-state index is 11.3. The average molecular weight is 210 g/mol. The van der Waals surface area contributed by atoms with Gasteiger partial charge in [-0.1, -0.05) is 6.08 Å². The van der Waals surface area contributed by atoms with Crippen LogP contribution < -0.4 is 11.1 Å². The molecule has 2 atom stereocenters. The lowest BCUT2D eigenvalue weighted by molar-refractivity contribution is -0.124. The third-order valence-electron chi connectivity index (χ3n) is 1.96. The summed E-state index contributed by atoms with van der Waals surface area (Å²) in [4.78, 5) is 21.4. The zero-order chi connectivity index (χ0) is 11.3. The third-order valence-corrected chi connectivity index (χ3v) is 1.96. The van der Waals surface area contributed by atoms with Crippen molar-refractivity contribution in [3.8, 4) is 0 Å². The molecule has 0 saturated heterocycles. The first-order valence-electron chi connectivity index (χ1n) is 4.68. The molecule has 0 radical (unpaired) electrons. The largest absolute Gasteiger partial charge is 0.429 e. The molecule has 0 saturated carbocycles. The number of amides is 1. The maximum absolute atomic E-state index is 11.3. The van der Waals surface area contributed by atoms with E-state index in [1.807, 2.05) is 6.08 Å². The second-order valence-electron chi connectivity index (χ2n) is 3.32. The second kappa shape index (κ2) is 5.31. The van der Waals surface area contributed by atoms with Gasteiger partial charge in [-0.05, 0) is 25.5 Å². The van der Waals surface area contributed by atoms with Gasteiger partial charge in [0.2, 0.25) is 5.91 Å². The Morgan fingerprint density at radius 3 is 3.13 bits per heavy atom. The van der Waals surface area contributed by atoms with E-state index in [0.29, 0.717) is 18.7 Å². The lowest BCUT2D eigenvalue weighted by Crippen LogP contribution is -2.43. The van der Waals surface area contributed by atoms with Crippen molar-refractivity contribution >= 4 is 12.4 Å². The van der Waals surface area contributed by atoms with E-state index in [1.54, 1.807) is 19.1 Å². The Morgan fingerprint density at radius 2 is 2.53 bits per heavy atom. The molecule has 0 bridgehead atoms. The molecule has 1 aliphatic carbocycles. The molecule has 0 spiro atoms. The molecular weight excluding hydrogens is 196 g/mol. The minimum Gasteiger partial charge on any atom is -0.429 e. The number of nitrogens with two attached hydrogens (primary N) is 1.